The Morgan fingerprint density at radius 2 is 2.24 bits per heavy atom. The fourth-order valence-electron chi connectivity index (χ4n) is 2.20. The van der Waals surface area contributed by atoms with E-state index in [1.807, 2.05) is 38.2 Å². The molecule has 0 aliphatic carbocycles. The number of nitrogens with zero attached hydrogens (tertiary/aromatic N) is 1. The van der Waals surface area contributed by atoms with E-state index in [1.54, 1.807) is 0 Å². The van der Waals surface area contributed by atoms with Crippen LogP contribution in [0.5, 0.6) is 0 Å². The first-order valence-corrected chi connectivity index (χ1v) is 6.05. The van der Waals surface area contributed by atoms with Gasteiger partial charge in [0.2, 0.25) is 0 Å². The van der Waals surface area contributed by atoms with Crippen LogP contribution in [0.4, 0.5) is 0 Å². The van der Waals surface area contributed by atoms with Crippen molar-refractivity contribution in [3.63, 3.8) is 0 Å². The van der Waals surface area contributed by atoms with E-state index in [2.05, 4.69) is 4.90 Å². The van der Waals surface area contributed by atoms with Crippen LogP contribution in [-0.4, -0.2) is 43.5 Å². The molecule has 1 aliphatic heterocycles. The maximum atomic E-state index is 12.2. The van der Waals surface area contributed by atoms with E-state index in [9.17, 15) is 4.79 Å². The maximum absolute atomic E-state index is 12.2. The number of ketones is 1. The molecule has 0 saturated carbocycles. The number of benzene rings is 1. The van der Waals surface area contributed by atoms with Crippen molar-refractivity contribution in [1.82, 2.24) is 4.90 Å². The van der Waals surface area contributed by atoms with Crippen molar-refractivity contribution < 1.29 is 9.53 Å². The van der Waals surface area contributed by atoms with E-state index < -0.39 is 0 Å². The van der Waals surface area contributed by atoms with Gasteiger partial charge < -0.3 is 4.74 Å². The topological polar surface area (TPSA) is 29.5 Å². The van der Waals surface area contributed by atoms with Gasteiger partial charge in [0.05, 0.1) is 13.2 Å². The van der Waals surface area contributed by atoms with Crippen molar-refractivity contribution in [3.8, 4) is 0 Å². The molecule has 3 nitrogen and oxygen atoms in total. The van der Waals surface area contributed by atoms with E-state index in [0.717, 1.165) is 30.8 Å². The van der Waals surface area contributed by atoms with E-state index in [4.69, 9.17) is 4.74 Å². The average Bonchev–Trinajstić information content (AvgIpc) is 2.82. The second-order valence-electron chi connectivity index (χ2n) is 4.67. The Morgan fingerprint density at radius 3 is 2.88 bits per heavy atom. The molecule has 92 valence electrons. The first kappa shape index (κ1) is 12.3. The van der Waals surface area contributed by atoms with Crippen molar-refractivity contribution >= 4 is 5.78 Å². The summed E-state index contributed by atoms with van der Waals surface area (Å²) in [4.78, 5) is 14.2. The average molecular weight is 233 g/mol. The largest absolute Gasteiger partial charge is 0.380 e. The lowest BCUT2D eigenvalue weighted by atomic mass is 10.0. The minimum atomic E-state index is 0.192. The van der Waals surface area contributed by atoms with Crippen LogP contribution in [0.25, 0.3) is 0 Å². The van der Waals surface area contributed by atoms with Crippen LogP contribution in [0.2, 0.25) is 0 Å². The number of aryl methyl sites for hydroxylation is 1. The van der Waals surface area contributed by atoms with Crippen molar-refractivity contribution in [1.29, 1.82) is 0 Å². The summed E-state index contributed by atoms with van der Waals surface area (Å²) in [7, 11) is 2.00. The zero-order valence-corrected chi connectivity index (χ0v) is 10.5. The molecule has 17 heavy (non-hydrogen) atoms. The summed E-state index contributed by atoms with van der Waals surface area (Å²) < 4.78 is 5.34. The highest BCUT2D eigenvalue weighted by Crippen LogP contribution is 2.13. The molecular formula is C14H19NO2. The summed E-state index contributed by atoms with van der Waals surface area (Å²) in [6.07, 6.45) is 1.03. The molecular weight excluding hydrogens is 214 g/mol. The molecule has 1 heterocycles. The minimum Gasteiger partial charge on any atom is -0.380 e. The normalized spacial score (nSPS) is 19.8. The molecule has 0 aromatic heterocycles. The quantitative estimate of drug-likeness (QED) is 0.744. The zero-order chi connectivity index (χ0) is 12.3. The molecule has 1 aliphatic rings. The lowest BCUT2D eigenvalue weighted by molar-refractivity contribution is 0.0906. The lowest BCUT2D eigenvalue weighted by Crippen LogP contribution is -2.36. The van der Waals surface area contributed by atoms with Gasteiger partial charge in [-0.1, -0.05) is 24.3 Å². The second-order valence-corrected chi connectivity index (χ2v) is 4.67. The summed E-state index contributed by atoms with van der Waals surface area (Å²) in [5.41, 5.74) is 1.88. The molecule has 1 unspecified atom stereocenters. The summed E-state index contributed by atoms with van der Waals surface area (Å²) in [6, 6.07) is 8.14. The van der Waals surface area contributed by atoms with Crippen molar-refractivity contribution in [2.75, 3.05) is 26.8 Å². The van der Waals surface area contributed by atoms with Gasteiger partial charge in [0.1, 0.15) is 0 Å². The molecule has 0 radical (unpaired) electrons. The SMILES string of the molecule is Cc1ccccc1C(=O)CN(C)C1CCOC1. The van der Waals surface area contributed by atoms with E-state index in [1.165, 1.54) is 0 Å². The molecule has 1 aromatic carbocycles. The van der Waals surface area contributed by atoms with Gasteiger partial charge in [0.25, 0.3) is 0 Å². The Morgan fingerprint density at radius 1 is 1.47 bits per heavy atom. The Bertz CT molecular complexity index is 397. The molecule has 0 spiro atoms. The summed E-state index contributed by atoms with van der Waals surface area (Å²) in [6.45, 7) is 4.01. The first-order valence-electron chi connectivity index (χ1n) is 6.05. The number of Topliss-reactive ketones (excluding diaryl/α,β-unsaturated/α-hetero) is 1. The van der Waals surface area contributed by atoms with E-state index in [0.29, 0.717) is 12.6 Å². The van der Waals surface area contributed by atoms with E-state index in [-0.39, 0.29) is 5.78 Å². The minimum absolute atomic E-state index is 0.192. The van der Waals surface area contributed by atoms with Crippen LogP contribution >= 0.6 is 0 Å². The second kappa shape index (κ2) is 5.43. The van der Waals surface area contributed by atoms with Gasteiger partial charge in [0.15, 0.2) is 5.78 Å². The van der Waals surface area contributed by atoms with Crippen LogP contribution in [0.1, 0.15) is 22.3 Å². The third-order valence-corrected chi connectivity index (χ3v) is 3.37. The predicted molar refractivity (Wildman–Crippen MR) is 67.4 cm³/mol. The third-order valence-electron chi connectivity index (χ3n) is 3.37. The van der Waals surface area contributed by atoms with Gasteiger partial charge in [0, 0.05) is 18.2 Å². The summed E-state index contributed by atoms with van der Waals surface area (Å²) in [5, 5.41) is 0. The van der Waals surface area contributed by atoms with Gasteiger partial charge in [-0.15, -0.1) is 0 Å². The Balaban J connectivity index is 1.99. The highest BCUT2D eigenvalue weighted by atomic mass is 16.5. The van der Waals surface area contributed by atoms with Gasteiger partial charge in [-0.25, -0.2) is 0 Å². The molecule has 1 atom stereocenters. The lowest BCUT2D eigenvalue weighted by Gasteiger charge is -2.22. The fraction of sp³-hybridized carbons (Fsp3) is 0.500. The van der Waals surface area contributed by atoms with Gasteiger partial charge in [-0.3, -0.25) is 9.69 Å². The van der Waals surface area contributed by atoms with Crippen molar-refractivity contribution in [2.24, 2.45) is 0 Å². The zero-order valence-electron chi connectivity index (χ0n) is 10.5. The van der Waals surface area contributed by atoms with Crippen LogP contribution in [0.15, 0.2) is 24.3 Å². The number of likely N-dealkylation sites (N-methyl/N-ethyl adjacent to an activating group) is 1. The van der Waals surface area contributed by atoms with Crippen molar-refractivity contribution in [2.45, 2.75) is 19.4 Å². The van der Waals surface area contributed by atoms with Gasteiger partial charge in [-0.05, 0) is 26.0 Å². The monoisotopic (exact) mass is 233 g/mol. The standard InChI is InChI=1S/C14H19NO2/c1-11-5-3-4-6-13(11)14(16)9-15(2)12-7-8-17-10-12/h3-6,12H,7-10H2,1-2H3. The molecule has 0 N–H and O–H groups in total. The summed E-state index contributed by atoms with van der Waals surface area (Å²) >= 11 is 0. The van der Waals surface area contributed by atoms with Crippen molar-refractivity contribution in [3.05, 3.63) is 35.4 Å². The fourth-order valence-corrected chi connectivity index (χ4v) is 2.20. The number of carbonyl (C=O) groups excluding carboxylic acids is 1. The van der Waals surface area contributed by atoms with Crippen LogP contribution < -0.4 is 0 Å². The molecule has 2 rings (SSSR count). The predicted octanol–water partition coefficient (Wildman–Crippen LogP) is 1.90. The smallest absolute Gasteiger partial charge is 0.177 e. The number of ether oxygens (including phenoxy) is 1. The first-order chi connectivity index (χ1) is 8.18. The Kier molecular flexibility index (Phi) is 3.92. The molecule has 1 aromatic rings. The van der Waals surface area contributed by atoms with Crippen LogP contribution in [-0.2, 0) is 4.74 Å². The Hall–Kier alpha value is -1.19. The van der Waals surface area contributed by atoms with Gasteiger partial charge in [-0.2, -0.15) is 0 Å². The number of hydrogen-bond donors (Lipinski definition) is 0. The Labute approximate surface area is 102 Å². The third kappa shape index (κ3) is 2.93. The molecule has 0 bridgehead atoms. The number of rotatable bonds is 4. The van der Waals surface area contributed by atoms with Crippen LogP contribution in [0, 0.1) is 6.92 Å². The highest BCUT2D eigenvalue weighted by molar-refractivity contribution is 5.98. The summed E-state index contributed by atoms with van der Waals surface area (Å²) in [5.74, 6) is 0.192. The molecule has 3 heteroatoms. The molecule has 0 amide bonds. The van der Waals surface area contributed by atoms with E-state index >= 15 is 0 Å². The maximum Gasteiger partial charge on any atom is 0.177 e. The number of hydrogen-bond acceptors (Lipinski definition) is 3. The van der Waals surface area contributed by atoms with Gasteiger partial charge >= 0.3 is 0 Å². The number of carbonyl (C=O) groups is 1. The molecule has 1 fully saturated rings. The highest BCUT2D eigenvalue weighted by Gasteiger charge is 2.22. The molecule has 1 saturated heterocycles. The van der Waals surface area contributed by atoms with Crippen LogP contribution in [0.3, 0.4) is 0 Å².